The van der Waals surface area contributed by atoms with Crippen molar-refractivity contribution >= 4 is 18.4 Å². The molecule has 0 fully saturated rings. The first-order valence-corrected chi connectivity index (χ1v) is 5.76. The minimum Gasteiger partial charge on any atom is -0.496 e. The molecule has 0 aliphatic rings. The van der Waals surface area contributed by atoms with E-state index in [0.717, 1.165) is 0 Å². The van der Waals surface area contributed by atoms with Crippen LogP contribution in [0.1, 0.15) is 24.9 Å². The fourth-order valence-corrected chi connectivity index (χ4v) is 1.75. The highest BCUT2D eigenvalue weighted by Crippen LogP contribution is 2.34. The van der Waals surface area contributed by atoms with Gasteiger partial charge in [-0.25, -0.2) is 0 Å². The van der Waals surface area contributed by atoms with Crippen LogP contribution >= 0.6 is 12.4 Å². The topological polar surface area (TPSA) is 70.8 Å². The van der Waals surface area contributed by atoms with Crippen molar-refractivity contribution < 1.29 is 19.0 Å². The van der Waals surface area contributed by atoms with Crippen LogP contribution in [-0.4, -0.2) is 26.8 Å². The zero-order chi connectivity index (χ0) is 13.5. The Morgan fingerprint density at radius 3 is 2.21 bits per heavy atom. The van der Waals surface area contributed by atoms with Crippen LogP contribution in [0, 0.1) is 0 Å². The molecule has 0 unspecified atom stereocenters. The number of benzene rings is 1. The van der Waals surface area contributed by atoms with Gasteiger partial charge in [0, 0.05) is 6.04 Å². The summed E-state index contributed by atoms with van der Waals surface area (Å²) in [5.74, 6) is 0.871. The van der Waals surface area contributed by atoms with E-state index in [0.29, 0.717) is 23.7 Å². The van der Waals surface area contributed by atoms with Gasteiger partial charge >= 0.3 is 5.97 Å². The van der Waals surface area contributed by atoms with Gasteiger partial charge in [0.2, 0.25) is 0 Å². The van der Waals surface area contributed by atoms with E-state index in [-0.39, 0.29) is 24.8 Å². The van der Waals surface area contributed by atoms with Crippen molar-refractivity contribution in [1.29, 1.82) is 0 Å². The third-order valence-electron chi connectivity index (χ3n) is 2.53. The molecule has 1 atom stereocenters. The highest BCUT2D eigenvalue weighted by molar-refractivity contribution is 5.85. The quantitative estimate of drug-likeness (QED) is 0.812. The summed E-state index contributed by atoms with van der Waals surface area (Å²) < 4.78 is 15.4. The Morgan fingerprint density at radius 1 is 1.26 bits per heavy atom. The predicted octanol–water partition coefficient (Wildman–Crippen LogP) is 2.08. The number of esters is 1. The molecule has 0 aliphatic carbocycles. The Kier molecular flexibility index (Phi) is 7.95. The minimum atomic E-state index is -0.518. The number of methoxy groups -OCH3 is 2. The second-order valence-electron chi connectivity index (χ2n) is 3.69. The van der Waals surface area contributed by atoms with Gasteiger partial charge in [-0.05, 0) is 19.1 Å². The number of carbonyl (C=O) groups excluding carboxylic acids is 1. The number of hydrogen-bond acceptors (Lipinski definition) is 5. The lowest BCUT2D eigenvalue weighted by atomic mass is 10.0. The van der Waals surface area contributed by atoms with Gasteiger partial charge in [0.15, 0.2) is 0 Å². The van der Waals surface area contributed by atoms with Gasteiger partial charge in [-0.15, -0.1) is 12.4 Å². The third kappa shape index (κ3) is 4.61. The van der Waals surface area contributed by atoms with Gasteiger partial charge in [0.25, 0.3) is 0 Å². The Morgan fingerprint density at radius 2 is 1.79 bits per heavy atom. The lowest BCUT2D eigenvalue weighted by molar-refractivity contribution is -0.143. The van der Waals surface area contributed by atoms with E-state index in [2.05, 4.69) is 0 Å². The largest absolute Gasteiger partial charge is 0.496 e. The summed E-state index contributed by atoms with van der Waals surface area (Å²) in [5, 5.41) is 0. The number of halogens is 1. The SMILES string of the molecule is CCOC(=O)C[C@@H](N)c1c(OC)cccc1OC.Cl. The zero-order valence-electron chi connectivity index (χ0n) is 11.3. The van der Waals surface area contributed by atoms with Crippen molar-refractivity contribution in [3.8, 4) is 11.5 Å². The molecule has 0 heterocycles. The predicted molar refractivity (Wildman–Crippen MR) is 75.0 cm³/mol. The molecular weight excluding hydrogens is 270 g/mol. The van der Waals surface area contributed by atoms with Crippen molar-refractivity contribution in [3.63, 3.8) is 0 Å². The molecule has 19 heavy (non-hydrogen) atoms. The minimum absolute atomic E-state index is 0. The smallest absolute Gasteiger partial charge is 0.307 e. The highest BCUT2D eigenvalue weighted by atomic mass is 35.5. The molecule has 0 spiro atoms. The van der Waals surface area contributed by atoms with Crippen molar-refractivity contribution in [3.05, 3.63) is 23.8 Å². The van der Waals surface area contributed by atoms with Crippen LogP contribution < -0.4 is 15.2 Å². The molecule has 0 radical (unpaired) electrons. The Bertz CT molecular complexity index is 389. The number of nitrogens with two attached hydrogens (primary N) is 1. The average Bonchev–Trinajstić information content (AvgIpc) is 2.37. The van der Waals surface area contributed by atoms with Crippen LogP contribution in [0.3, 0.4) is 0 Å². The Hall–Kier alpha value is -1.46. The summed E-state index contributed by atoms with van der Waals surface area (Å²) in [4.78, 5) is 11.4. The molecule has 1 rings (SSSR count). The second-order valence-corrected chi connectivity index (χ2v) is 3.69. The molecule has 0 aliphatic heterocycles. The molecule has 5 nitrogen and oxygen atoms in total. The van der Waals surface area contributed by atoms with Crippen LogP contribution in [0.15, 0.2) is 18.2 Å². The van der Waals surface area contributed by atoms with E-state index in [1.54, 1.807) is 39.3 Å². The molecule has 0 aromatic heterocycles. The van der Waals surface area contributed by atoms with Gasteiger partial charge in [0.1, 0.15) is 11.5 Å². The molecule has 1 aromatic carbocycles. The van der Waals surface area contributed by atoms with E-state index >= 15 is 0 Å². The third-order valence-corrected chi connectivity index (χ3v) is 2.53. The summed E-state index contributed by atoms with van der Waals surface area (Å²) in [6.07, 6.45) is 0.0879. The molecule has 6 heteroatoms. The van der Waals surface area contributed by atoms with Crippen LogP contribution in [0.4, 0.5) is 0 Å². The summed E-state index contributed by atoms with van der Waals surface area (Å²) in [5.41, 5.74) is 6.69. The fraction of sp³-hybridized carbons (Fsp3) is 0.462. The number of hydrogen-bond donors (Lipinski definition) is 1. The summed E-state index contributed by atoms with van der Waals surface area (Å²) >= 11 is 0. The first kappa shape index (κ1) is 17.5. The van der Waals surface area contributed by atoms with Crippen LogP contribution in [0.5, 0.6) is 11.5 Å². The maximum atomic E-state index is 11.4. The van der Waals surface area contributed by atoms with E-state index in [4.69, 9.17) is 19.9 Å². The van der Waals surface area contributed by atoms with Crippen LogP contribution in [0.2, 0.25) is 0 Å². The fourth-order valence-electron chi connectivity index (χ4n) is 1.75. The summed E-state index contributed by atoms with van der Waals surface area (Å²) in [6.45, 7) is 2.10. The van der Waals surface area contributed by atoms with Crippen LogP contribution in [0.25, 0.3) is 0 Å². The van der Waals surface area contributed by atoms with E-state index in [1.165, 1.54) is 0 Å². The van der Waals surface area contributed by atoms with Crippen LogP contribution in [-0.2, 0) is 9.53 Å². The summed E-state index contributed by atoms with van der Waals surface area (Å²) in [7, 11) is 3.10. The first-order valence-electron chi connectivity index (χ1n) is 5.76. The average molecular weight is 290 g/mol. The van der Waals surface area contributed by atoms with E-state index in [1.807, 2.05) is 0 Å². The van der Waals surface area contributed by atoms with Gasteiger partial charge in [-0.2, -0.15) is 0 Å². The molecule has 0 saturated carbocycles. The molecule has 0 amide bonds. The van der Waals surface area contributed by atoms with E-state index < -0.39 is 6.04 Å². The Labute approximate surface area is 119 Å². The molecule has 0 bridgehead atoms. The molecule has 1 aromatic rings. The lowest BCUT2D eigenvalue weighted by Crippen LogP contribution is -2.18. The van der Waals surface area contributed by atoms with Gasteiger partial charge in [-0.3, -0.25) is 4.79 Å². The van der Waals surface area contributed by atoms with Gasteiger partial charge in [-0.1, -0.05) is 6.07 Å². The molecule has 108 valence electrons. The maximum absolute atomic E-state index is 11.4. The number of rotatable bonds is 6. The highest BCUT2D eigenvalue weighted by Gasteiger charge is 2.20. The Balaban J connectivity index is 0.00000324. The van der Waals surface area contributed by atoms with Crippen molar-refractivity contribution in [2.75, 3.05) is 20.8 Å². The number of ether oxygens (including phenoxy) is 3. The van der Waals surface area contributed by atoms with Crippen molar-refractivity contribution in [2.45, 2.75) is 19.4 Å². The zero-order valence-corrected chi connectivity index (χ0v) is 12.2. The van der Waals surface area contributed by atoms with Gasteiger partial charge in [0.05, 0.1) is 32.8 Å². The first-order chi connectivity index (χ1) is 8.63. The van der Waals surface area contributed by atoms with Crippen molar-refractivity contribution in [2.24, 2.45) is 5.73 Å². The normalized spacial score (nSPS) is 11.2. The van der Waals surface area contributed by atoms with Crippen molar-refractivity contribution in [1.82, 2.24) is 0 Å². The second kappa shape index (κ2) is 8.61. The number of carbonyl (C=O) groups is 1. The lowest BCUT2D eigenvalue weighted by Gasteiger charge is -2.18. The molecule has 2 N–H and O–H groups in total. The molecular formula is C13H20ClNO4. The van der Waals surface area contributed by atoms with Gasteiger partial charge < -0.3 is 19.9 Å². The summed E-state index contributed by atoms with van der Waals surface area (Å²) in [6, 6.07) is 4.85. The van der Waals surface area contributed by atoms with E-state index in [9.17, 15) is 4.79 Å². The molecule has 0 saturated heterocycles. The standard InChI is InChI=1S/C13H19NO4.ClH/c1-4-18-12(15)8-9(14)13-10(16-2)6-5-7-11(13)17-3;/h5-7,9H,4,8,14H2,1-3H3;1H/t9-;/m1./s1. The maximum Gasteiger partial charge on any atom is 0.307 e. The monoisotopic (exact) mass is 289 g/mol.